The maximum Gasteiger partial charge on any atom is 0.328 e. The van der Waals surface area contributed by atoms with Crippen LogP contribution in [0.25, 0.3) is 0 Å². The molecular formula is C11H10O5. The minimum Gasteiger partial charge on any atom is -0.507 e. The van der Waals surface area contributed by atoms with Crippen LogP contribution in [-0.2, 0) is 4.79 Å². The fourth-order valence-corrected chi connectivity index (χ4v) is 1.17. The second kappa shape index (κ2) is 4.97. The lowest BCUT2D eigenvalue weighted by molar-refractivity contribution is -0.131. The Hall–Kier alpha value is -2.30. The number of allylic oxidation sites excluding steroid dienone is 1. The average Bonchev–Trinajstić information content (AvgIpc) is 2.25. The van der Waals surface area contributed by atoms with E-state index in [1.807, 2.05) is 0 Å². The molecule has 0 saturated carbocycles. The molecule has 0 bridgehead atoms. The van der Waals surface area contributed by atoms with Gasteiger partial charge in [0.05, 0.1) is 7.11 Å². The van der Waals surface area contributed by atoms with Crippen LogP contribution in [0.5, 0.6) is 11.5 Å². The minimum atomic E-state index is -1.23. The number of phenolic OH excluding ortho intramolecular Hbond substituents is 1. The average molecular weight is 222 g/mol. The summed E-state index contributed by atoms with van der Waals surface area (Å²) in [5.41, 5.74) is -0.0532. The van der Waals surface area contributed by atoms with Gasteiger partial charge in [-0.15, -0.1) is 0 Å². The Bertz CT molecular complexity index is 448. The van der Waals surface area contributed by atoms with Crippen molar-refractivity contribution in [3.05, 3.63) is 35.9 Å². The zero-order valence-electron chi connectivity index (χ0n) is 8.51. The molecule has 0 spiro atoms. The second-order valence-electron chi connectivity index (χ2n) is 2.89. The number of benzene rings is 1. The molecule has 1 aromatic rings. The second-order valence-corrected chi connectivity index (χ2v) is 2.89. The van der Waals surface area contributed by atoms with E-state index >= 15 is 0 Å². The molecule has 2 N–H and O–H groups in total. The number of hydrogen-bond donors (Lipinski definition) is 2. The lowest BCUT2D eigenvalue weighted by Gasteiger charge is -2.06. The van der Waals surface area contributed by atoms with Gasteiger partial charge in [-0.3, -0.25) is 4.79 Å². The smallest absolute Gasteiger partial charge is 0.328 e. The molecule has 1 aromatic carbocycles. The number of carbonyl (C=O) groups excluding carboxylic acids is 1. The Balaban J connectivity index is 3.12. The molecule has 0 unspecified atom stereocenters. The molecule has 0 atom stereocenters. The van der Waals surface area contributed by atoms with Crippen molar-refractivity contribution < 1.29 is 24.5 Å². The maximum absolute atomic E-state index is 11.6. The number of aromatic hydroxyl groups is 1. The largest absolute Gasteiger partial charge is 0.507 e. The molecule has 0 aliphatic carbocycles. The SMILES string of the molecule is COc1cccc(O)c1C(=O)C=CC(=O)O. The van der Waals surface area contributed by atoms with Crippen molar-refractivity contribution in [2.24, 2.45) is 0 Å². The summed E-state index contributed by atoms with van der Waals surface area (Å²) >= 11 is 0. The van der Waals surface area contributed by atoms with Crippen LogP contribution >= 0.6 is 0 Å². The van der Waals surface area contributed by atoms with Gasteiger partial charge in [0, 0.05) is 6.08 Å². The van der Waals surface area contributed by atoms with Crippen molar-refractivity contribution in [1.29, 1.82) is 0 Å². The molecule has 0 heterocycles. The van der Waals surface area contributed by atoms with Crippen molar-refractivity contribution in [1.82, 2.24) is 0 Å². The van der Waals surface area contributed by atoms with Crippen LogP contribution in [0.2, 0.25) is 0 Å². The van der Waals surface area contributed by atoms with Gasteiger partial charge in [0.15, 0.2) is 5.78 Å². The Kier molecular flexibility index (Phi) is 3.66. The Morgan fingerprint density at radius 1 is 1.31 bits per heavy atom. The van der Waals surface area contributed by atoms with E-state index in [9.17, 15) is 14.7 Å². The molecule has 0 aromatic heterocycles. The van der Waals surface area contributed by atoms with Crippen molar-refractivity contribution in [2.75, 3.05) is 7.11 Å². The topological polar surface area (TPSA) is 83.8 Å². The number of methoxy groups -OCH3 is 1. The first-order chi connectivity index (χ1) is 7.56. The van der Waals surface area contributed by atoms with E-state index in [-0.39, 0.29) is 17.1 Å². The van der Waals surface area contributed by atoms with Crippen LogP contribution in [0.4, 0.5) is 0 Å². The zero-order valence-corrected chi connectivity index (χ0v) is 8.51. The first-order valence-electron chi connectivity index (χ1n) is 4.37. The molecule has 0 saturated heterocycles. The molecule has 0 aliphatic rings. The first-order valence-corrected chi connectivity index (χ1v) is 4.37. The molecular weight excluding hydrogens is 212 g/mol. The highest BCUT2D eigenvalue weighted by Crippen LogP contribution is 2.27. The number of carbonyl (C=O) groups is 2. The number of phenols is 1. The highest BCUT2D eigenvalue weighted by molar-refractivity contribution is 6.10. The van der Waals surface area contributed by atoms with Gasteiger partial charge in [-0.1, -0.05) is 6.07 Å². The number of rotatable bonds is 4. The molecule has 5 nitrogen and oxygen atoms in total. The van der Waals surface area contributed by atoms with Crippen LogP contribution < -0.4 is 4.74 Å². The van der Waals surface area contributed by atoms with Gasteiger partial charge < -0.3 is 14.9 Å². The fraction of sp³-hybridized carbons (Fsp3) is 0.0909. The summed E-state index contributed by atoms with van der Waals surface area (Å²) in [6, 6.07) is 4.35. The van der Waals surface area contributed by atoms with Crippen LogP contribution in [0.3, 0.4) is 0 Å². The summed E-state index contributed by atoms with van der Waals surface area (Å²) in [6.07, 6.45) is 1.56. The van der Waals surface area contributed by atoms with E-state index in [2.05, 4.69) is 0 Å². The quantitative estimate of drug-likeness (QED) is 0.591. The Morgan fingerprint density at radius 3 is 2.56 bits per heavy atom. The van der Waals surface area contributed by atoms with Crippen LogP contribution in [-0.4, -0.2) is 29.1 Å². The number of ketones is 1. The van der Waals surface area contributed by atoms with E-state index in [1.165, 1.54) is 25.3 Å². The molecule has 0 amide bonds. The van der Waals surface area contributed by atoms with Crippen molar-refractivity contribution in [3.8, 4) is 11.5 Å². The molecule has 1 rings (SSSR count). The number of carboxylic acids is 1. The summed E-state index contributed by atoms with van der Waals surface area (Å²) in [4.78, 5) is 21.8. The monoisotopic (exact) mass is 222 g/mol. The lowest BCUT2D eigenvalue weighted by atomic mass is 10.1. The van der Waals surface area contributed by atoms with E-state index in [1.54, 1.807) is 0 Å². The van der Waals surface area contributed by atoms with Crippen LogP contribution in [0.1, 0.15) is 10.4 Å². The Labute approximate surface area is 91.6 Å². The third kappa shape index (κ3) is 2.60. The van der Waals surface area contributed by atoms with Crippen LogP contribution in [0.15, 0.2) is 30.4 Å². The summed E-state index contributed by atoms with van der Waals surface area (Å²) in [6.45, 7) is 0. The van der Waals surface area contributed by atoms with Gasteiger partial charge in [-0.05, 0) is 18.2 Å². The minimum absolute atomic E-state index is 0.0532. The molecule has 0 radical (unpaired) electrons. The fourth-order valence-electron chi connectivity index (χ4n) is 1.17. The standard InChI is InChI=1S/C11H10O5/c1-16-9-4-2-3-7(12)11(9)8(13)5-6-10(14)15/h2-6,12H,1H3,(H,14,15). The van der Waals surface area contributed by atoms with E-state index in [4.69, 9.17) is 9.84 Å². The maximum atomic E-state index is 11.6. The van der Waals surface area contributed by atoms with E-state index < -0.39 is 11.8 Å². The van der Waals surface area contributed by atoms with Crippen molar-refractivity contribution in [2.45, 2.75) is 0 Å². The normalized spacial score (nSPS) is 10.3. The third-order valence-electron chi connectivity index (χ3n) is 1.85. The third-order valence-corrected chi connectivity index (χ3v) is 1.85. The summed E-state index contributed by atoms with van der Waals surface area (Å²) < 4.78 is 4.89. The summed E-state index contributed by atoms with van der Waals surface area (Å²) in [5.74, 6) is -1.92. The number of ether oxygens (including phenoxy) is 1. The molecule has 0 fully saturated rings. The number of aliphatic carboxylic acids is 1. The summed E-state index contributed by atoms with van der Waals surface area (Å²) in [5, 5.41) is 17.8. The Morgan fingerprint density at radius 2 is 2.00 bits per heavy atom. The van der Waals surface area contributed by atoms with Gasteiger partial charge in [0.2, 0.25) is 0 Å². The number of hydrogen-bond acceptors (Lipinski definition) is 4. The van der Waals surface area contributed by atoms with Gasteiger partial charge >= 0.3 is 5.97 Å². The van der Waals surface area contributed by atoms with E-state index in [0.29, 0.717) is 6.08 Å². The zero-order chi connectivity index (χ0) is 12.1. The van der Waals surface area contributed by atoms with Gasteiger partial charge in [0.25, 0.3) is 0 Å². The highest BCUT2D eigenvalue weighted by atomic mass is 16.5. The number of carboxylic acid groups (broad SMARTS) is 1. The van der Waals surface area contributed by atoms with Crippen LogP contribution in [0, 0.1) is 0 Å². The molecule has 0 aliphatic heterocycles. The molecule has 16 heavy (non-hydrogen) atoms. The van der Waals surface area contributed by atoms with Gasteiger partial charge in [-0.25, -0.2) is 4.79 Å². The molecule has 5 heteroatoms. The highest BCUT2D eigenvalue weighted by Gasteiger charge is 2.14. The van der Waals surface area contributed by atoms with Gasteiger partial charge in [-0.2, -0.15) is 0 Å². The first kappa shape index (κ1) is 11.8. The molecule has 84 valence electrons. The summed E-state index contributed by atoms with van der Waals surface area (Å²) in [7, 11) is 1.35. The van der Waals surface area contributed by atoms with E-state index in [0.717, 1.165) is 6.08 Å². The van der Waals surface area contributed by atoms with Crippen molar-refractivity contribution >= 4 is 11.8 Å². The predicted molar refractivity (Wildman–Crippen MR) is 55.8 cm³/mol. The lowest BCUT2D eigenvalue weighted by Crippen LogP contribution is -2.00. The predicted octanol–water partition coefficient (Wildman–Crippen LogP) is 1.22. The van der Waals surface area contributed by atoms with Crippen molar-refractivity contribution in [3.63, 3.8) is 0 Å². The van der Waals surface area contributed by atoms with Gasteiger partial charge in [0.1, 0.15) is 17.1 Å².